The highest BCUT2D eigenvalue weighted by Gasteiger charge is 2.31. The number of ether oxygens (including phenoxy) is 1. The molecule has 0 saturated carbocycles. The van der Waals surface area contributed by atoms with E-state index in [2.05, 4.69) is 4.74 Å². The van der Waals surface area contributed by atoms with Crippen LogP contribution in [0, 0.1) is 6.92 Å². The van der Waals surface area contributed by atoms with Gasteiger partial charge in [0.05, 0.1) is 12.1 Å². The Morgan fingerprint density at radius 1 is 1.69 bits per heavy atom. The largest absolute Gasteiger partial charge is 0.467 e. The lowest BCUT2D eigenvalue weighted by Gasteiger charge is -2.12. The first-order valence-corrected chi connectivity index (χ1v) is 5.77. The van der Waals surface area contributed by atoms with E-state index in [0.717, 1.165) is 10.6 Å². The second kappa shape index (κ2) is 3.86. The van der Waals surface area contributed by atoms with Crippen LogP contribution in [0.3, 0.4) is 0 Å². The fraction of sp³-hybridized carbons (Fsp3) is 0.400. The molecule has 0 fully saturated rings. The van der Waals surface area contributed by atoms with Crippen molar-refractivity contribution in [3.8, 4) is 0 Å². The topological polar surface area (TPSA) is 74.3 Å². The number of nitrogens with two attached hydrogens (primary N) is 1. The van der Waals surface area contributed by atoms with Crippen molar-refractivity contribution in [2.24, 2.45) is 0 Å². The Kier molecular flexibility index (Phi) is 2.67. The molecule has 0 spiro atoms. The molecule has 2 N–H and O–H groups in total. The number of aryl methyl sites for hydroxylation is 1. The quantitative estimate of drug-likeness (QED) is 0.726. The maximum absolute atomic E-state index is 11.9. The van der Waals surface area contributed by atoms with Gasteiger partial charge in [-0.3, -0.25) is 9.36 Å². The molecule has 86 valence electrons. The highest BCUT2D eigenvalue weighted by Crippen LogP contribution is 2.33. The van der Waals surface area contributed by atoms with Crippen molar-refractivity contribution in [3.05, 3.63) is 22.0 Å². The van der Waals surface area contributed by atoms with E-state index < -0.39 is 12.0 Å². The van der Waals surface area contributed by atoms with Crippen LogP contribution in [-0.4, -0.2) is 23.4 Å². The monoisotopic (exact) mass is 240 g/mol. The minimum absolute atomic E-state index is 0.195. The fourth-order valence-corrected chi connectivity index (χ4v) is 2.91. The van der Waals surface area contributed by atoms with Gasteiger partial charge in [-0.25, -0.2) is 4.79 Å². The summed E-state index contributed by atoms with van der Waals surface area (Å²) in [7, 11) is 1.31. The van der Waals surface area contributed by atoms with Crippen LogP contribution in [0.2, 0.25) is 0 Å². The maximum atomic E-state index is 11.9. The number of aromatic nitrogens is 1. The zero-order chi connectivity index (χ0) is 11.9. The summed E-state index contributed by atoms with van der Waals surface area (Å²) in [6.07, 6.45) is 0. The molecule has 2 heterocycles. The number of thioether (sulfide) groups is 1. The van der Waals surface area contributed by atoms with Gasteiger partial charge in [-0.05, 0) is 18.6 Å². The predicted octanol–water partition coefficient (Wildman–Crippen LogP) is 0.559. The molecule has 0 bridgehead atoms. The van der Waals surface area contributed by atoms with Crippen molar-refractivity contribution < 1.29 is 9.53 Å². The van der Waals surface area contributed by atoms with Gasteiger partial charge in [-0.15, -0.1) is 11.8 Å². The number of methoxy groups -OCH3 is 1. The maximum Gasteiger partial charge on any atom is 0.329 e. The van der Waals surface area contributed by atoms with Crippen LogP contribution < -0.4 is 11.3 Å². The van der Waals surface area contributed by atoms with E-state index in [1.165, 1.54) is 23.4 Å². The van der Waals surface area contributed by atoms with Crippen LogP contribution in [-0.2, 0) is 9.53 Å². The van der Waals surface area contributed by atoms with Gasteiger partial charge in [0.1, 0.15) is 11.7 Å². The molecule has 5 nitrogen and oxygen atoms in total. The summed E-state index contributed by atoms with van der Waals surface area (Å²) in [5, 5.41) is 0.770. The average molecular weight is 240 g/mol. The lowest BCUT2D eigenvalue weighted by Crippen LogP contribution is -2.31. The molecule has 1 aliphatic heterocycles. The molecule has 0 amide bonds. The number of nitrogens with zero attached hydrogens (tertiary/aromatic N) is 1. The lowest BCUT2D eigenvalue weighted by atomic mass is 10.2. The molecule has 0 saturated heterocycles. The number of pyridine rings is 1. The standard InChI is InChI=1S/C10H12N2O3S/c1-5-3-7-12(9(13)8(5)11)6(4-16-7)10(14)15-2/h3,6H,4,11H2,1-2H3/t6-/m1/s1. The third kappa shape index (κ3) is 1.49. The molecule has 0 unspecified atom stereocenters. The zero-order valence-corrected chi connectivity index (χ0v) is 9.84. The van der Waals surface area contributed by atoms with Crippen molar-refractivity contribution in [1.29, 1.82) is 0 Å². The summed E-state index contributed by atoms with van der Waals surface area (Å²) in [4.78, 5) is 23.4. The Labute approximate surface area is 96.6 Å². The number of esters is 1. The SMILES string of the molecule is COC(=O)[C@H]1CSc2cc(C)c(N)c(=O)n21. The van der Waals surface area contributed by atoms with Gasteiger partial charge >= 0.3 is 5.97 Å². The molecule has 16 heavy (non-hydrogen) atoms. The van der Waals surface area contributed by atoms with Crippen LogP contribution in [0.5, 0.6) is 0 Å². The second-order valence-corrected chi connectivity index (χ2v) is 4.64. The van der Waals surface area contributed by atoms with Crippen molar-refractivity contribution in [3.63, 3.8) is 0 Å². The Balaban J connectivity index is 2.59. The Hall–Kier alpha value is -1.43. The van der Waals surface area contributed by atoms with E-state index in [1.807, 2.05) is 6.07 Å². The Bertz CT molecular complexity index is 510. The number of hydrogen-bond donors (Lipinski definition) is 1. The van der Waals surface area contributed by atoms with Gasteiger partial charge in [0.25, 0.3) is 5.56 Å². The number of carbonyl (C=O) groups excluding carboxylic acids is 1. The third-order valence-electron chi connectivity index (χ3n) is 2.63. The number of fused-ring (bicyclic) bond motifs is 1. The van der Waals surface area contributed by atoms with E-state index in [0.29, 0.717) is 5.75 Å². The molecule has 0 radical (unpaired) electrons. The lowest BCUT2D eigenvalue weighted by molar-refractivity contribution is -0.143. The molecule has 2 rings (SSSR count). The first-order valence-electron chi connectivity index (χ1n) is 4.78. The van der Waals surface area contributed by atoms with Gasteiger partial charge < -0.3 is 10.5 Å². The summed E-state index contributed by atoms with van der Waals surface area (Å²) < 4.78 is 6.08. The smallest absolute Gasteiger partial charge is 0.329 e. The summed E-state index contributed by atoms with van der Waals surface area (Å²) in [6, 6.07) is 1.27. The molecule has 1 aromatic heterocycles. The molecular formula is C10H12N2O3S. The number of rotatable bonds is 1. The van der Waals surface area contributed by atoms with Gasteiger partial charge in [0, 0.05) is 5.75 Å². The van der Waals surface area contributed by atoms with E-state index in [1.54, 1.807) is 6.92 Å². The number of carbonyl (C=O) groups is 1. The van der Waals surface area contributed by atoms with Crippen molar-refractivity contribution in [1.82, 2.24) is 4.57 Å². The number of anilines is 1. The van der Waals surface area contributed by atoms with E-state index >= 15 is 0 Å². The fourth-order valence-electron chi connectivity index (χ4n) is 1.69. The minimum Gasteiger partial charge on any atom is -0.467 e. The molecular weight excluding hydrogens is 228 g/mol. The van der Waals surface area contributed by atoms with Crippen LogP contribution in [0.15, 0.2) is 15.9 Å². The van der Waals surface area contributed by atoms with E-state index in [4.69, 9.17) is 5.73 Å². The van der Waals surface area contributed by atoms with E-state index in [-0.39, 0.29) is 11.2 Å². The molecule has 6 heteroatoms. The molecule has 0 aliphatic carbocycles. The molecule has 1 aliphatic rings. The third-order valence-corrected chi connectivity index (χ3v) is 3.72. The number of hydrogen-bond acceptors (Lipinski definition) is 5. The van der Waals surface area contributed by atoms with Gasteiger partial charge in [0.15, 0.2) is 0 Å². The second-order valence-electron chi connectivity index (χ2n) is 3.60. The van der Waals surface area contributed by atoms with Crippen LogP contribution in [0.1, 0.15) is 11.6 Å². The zero-order valence-electron chi connectivity index (χ0n) is 9.02. The molecule has 0 aromatic carbocycles. The molecule has 1 atom stereocenters. The first-order chi connectivity index (χ1) is 7.56. The van der Waals surface area contributed by atoms with Crippen LogP contribution in [0.4, 0.5) is 5.69 Å². The van der Waals surface area contributed by atoms with Gasteiger partial charge in [-0.1, -0.05) is 0 Å². The number of nitrogen functional groups attached to an aromatic ring is 1. The summed E-state index contributed by atoms with van der Waals surface area (Å²) in [5.41, 5.74) is 6.29. The average Bonchev–Trinajstić information content (AvgIpc) is 2.68. The highest BCUT2D eigenvalue weighted by molar-refractivity contribution is 7.99. The Morgan fingerprint density at radius 2 is 2.38 bits per heavy atom. The van der Waals surface area contributed by atoms with Crippen molar-refractivity contribution in [2.45, 2.75) is 18.0 Å². The first kappa shape index (κ1) is 11.1. The minimum atomic E-state index is -0.555. The van der Waals surface area contributed by atoms with Gasteiger partial charge in [0.2, 0.25) is 0 Å². The highest BCUT2D eigenvalue weighted by atomic mass is 32.2. The normalized spacial score (nSPS) is 18.2. The van der Waals surface area contributed by atoms with Crippen LogP contribution >= 0.6 is 11.8 Å². The summed E-state index contributed by atoms with van der Waals surface area (Å²) >= 11 is 1.46. The molecule has 1 aromatic rings. The van der Waals surface area contributed by atoms with E-state index in [9.17, 15) is 9.59 Å². The van der Waals surface area contributed by atoms with Crippen LogP contribution in [0.25, 0.3) is 0 Å². The summed E-state index contributed by atoms with van der Waals surface area (Å²) in [5.74, 6) is 0.113. The Morgan fingerprint density at radius 3 is 3.00 bits per heavy atom. The van der Waals surface area contributed by atoms with Crippen molar-refractivity contribution >= 4 is 23.4 Å². The van der Waals surface area contributed by atoms with Crippen molar-refractivity contribution in [2.75, 3.05) is 18.6 Å². The van der Waals surface area contributed by atoms with Gasteiger partial charge in [-0.2, -0.15) is 0 Å². The summed E-state index contributed by atoms with van der Waals surface area (Å²) in [6.45, 7) is 1.78. The predicted molar refractivity (Wildman–Crippen MR) is 61.6 cm³/mol.